The molecule has 1 aliphatic carbocycles. The molecule has 4 N–H and O–H groups in total. The largest absolute Gasteiger partial charge is 0.439 e. The lowest BCUT2D eigenvalue weighted by Crippen LogP contribution is -2.25. The van der Waals surface area contributed by atoms with E-state index in [4.69, 9.17) is 10.5 Å². The van der Waals surface area contributed by atoms with Crippen molar-refractivity contribution in [3.63, 3.8) is 0 Å². The van der Waals surface area contributed by atoms with E-state index in [2.05, 4.69) is 25.6 Å². The van der Waals surface area contributed by atoms with Gasteiger partial charge in [-0.3, -0.25) is 9.59 Å². The Balaban J connectivity index is 1.46. The summed E-state index contributed by atoms with van der Waals surface area (Å²) in [7, 11) is 0. The average molecular weight is 472 g/mol. The number of carbonyl (C=O) groups is 2. The summed E-state index contributed by atoms with van der Waals surface area (Å²) in [6.45, 7) is 0. The molecule has 2 heterocycles. The van der Waals surface area contributed by atoms with Gasteiger partial charge in [-0.2, -0.15) is 18.2 Å². The summed E-state index contributed by atoms with van der Waals surface area (Å²) in [4.78, 5) is 35.6. The van der Waals surface area contributed by atoms with Crippen LogP contribution in [0, 0.1) is 0 Å². The van der Waals surface area contributed by atoms with Crippen molar-refractivity contribution in [2.75, 3.05) is 10.6 Å². The molecule has 0 radical (unpaired) electrons. The van der Waals surface area contributed by atoms with Crippen LogP contribution in [0.3, 0.4) is 0 Å². The van der Waals surface area contributed by atoms with Gasteiger partial charge < -0.3 is 21.1 Å². The number of nitrogens with zero attached hydrogens (tertiary/aromatic N) is 3. The van der Waals surface area contributed by atoms with Crippen LogP contribution < -0.4 is 21.1 Å². The first-order valence-corrected chi connectivity index (χ1v) is 10.2. The van der Waals surface area contributed by atoms with Crippen LogP contribution in [0.25, 0.3) is 0 Å². The summed E-state index contributed by atoms with van der Waals surface area (Å²) >= 11 is 0. The molecule has 2 aromatic heterocycles. The number of hydrogen-bond donors (Lipinski definition) is 3. The zero-order valence-corrected chi connectivity index (χ0v) is 17.6. The summed E-state index contributed by atoms with van der Waals surface area (Å²) in [6, 6.07) is 9.38. The minimum Gasteiger partial charge on any atom is -0.439 e. The van der Waals surface area contributed by atoms with Crippen molar-refractivity contribution in [2.45, 2.75) is 31.5 Å². The van der Waals surface area contributed by atoms with Gasteiger partial charge in [0.05, 0.1) is 11.6 Å². The minimum atomic E-state index is -4.48. The van der Waals surface area contributed by atoms with E-state index in [1.54, 1.807) is 24.3 Å². The van der Waals surface area contributed by atoms with E-state index < -0.39 is 17.6 Å². The van der Waals surface area contributed by atoms with E-state index in [9.17, 15) is 22.8 Å². The Morgan fingerprint density at radius 3 is 2.47 bits per heavy atom. The lowest BCUT2D eigenvalue weighted by molar-refractivity contribution is -0.137. The Morgan fingerprint density at radius 2 is 1.88 bits per heavy atom. The molecule has 3 aromatic rings. The van der Waals surface area contributed by atoms with Crippen LogP contribution in [0.2, 0.25) is 0 Å². The fraction of sp³-hybridized carbons (Fsp3) is 0.227. The van der Waals surface area contributed by atoms with E-state index in [-0.39, 0.29) is 29.3 Å². The molecule has 0 aliphatic heterocycles. The number of rotatable bonds is 7. The van der Waals surface area contributed by atoms with Crippen LogP contribution in [0.5, 0.6) is 11.6 Å². The van der Waals surface area contributed by atoms with E-state index in [0.717, 1.165) is 18.6 Å². The van der Waals surface area contributed by atoms with Gasteiger partial charge in [0.15, 0.2) is 5.78 Å². The number of hydrogen-bond acceptors (Lipinski definition) is 8. The third kappa shape index (κ3) is 5.57. The molecule has 1 aliphatic rings. The van der Waals surface area contributed by atoms with Crippen molar-refractivity contribution in [2.24, 2.45) is 5.73 Å². The van der Waals surface area contributed by atoms with Crippen molar-refractivity contribution in [1.82, 2.24) is 15.0 Å². The number of nitrogens with one attached hydrogen (secondary N) is 2. The Hall–Kier alpha value is -4.22. The first-order chi connectivity index (χ1) is 16.2. The number of anilines is 3. The molecule has 0 unspecified atom stereocenters. The van der Waals surface area contributed by atoms with Crippen LogP contribution in [-0.2, 0) is 11.0 Å². The molecule has 1 atom stereocenters. The van der Waals surface area contributed by atoms with Gasteiger partial charge in [0.2, 0.25) is 11.8 Å². The second kappa shape index (κ2) is 9.33. The first-order valence-electron chi connectivity index (χ1n) is 10.2. The number of Topliss-reactive ketones (excluding diaryl/α,β-unsaturated/α-hetero) is 1. The number of alkyl halides is 3. The highest BCUT2D eigenvalue weighted by Gasteiger charge is 2.30. The summed E-state index contributed by atoms with van der Waals surface area (Å²) in [5.74, 6) is 0.0446. The van der Waals surface area contributed by atoms with Gasteiger partial charge in [0.25, 0.3) is 5.91 Å². The highest BCUT2D eigenvalue weighted by Crippen LogP contribution is 2.30. The number of aromatic nitrogens is 3. The van der Waals surface area contributed by atoms with Crippen molar-refractivity contribution in [3.8, 4) is 11.6 Å². The number of nitrogens with two attached hydrogens (primary N) is 1. The lowest BCUT2D eigenvalue weighted by atomic mass is 10.2. The zero-order chi connectivity index (χ0) is 24.3. The Labute approximate surface area is 191 Å². The van der Waals surface area contributed by atoms with E-state index in [0.29, 0.717) is 36.3 Å². The predicted octanol–water partition coefficient (Wildman–Crippen LogP) is 4.06. The maximum atomic E-state index is 12.6. The second-order valence-corrected chi connectivity index (χ2v) is 7.52. The topological polar surface area (TPSA) is 132 Å². The maximum Gasteiger partial charge on any atom is 0.417 e. The van der Waals surface area contributed by atoms with Crippen LogP contribution in [-0.4, -0.2) is 32.7 Å². The summed E-state index contributed by atoms with van der Waals surface area (Å²) in [5.41, 5.74) is 5.01. The molecule has 1 fully saturated rings. The van der Waals surface area contributed by atoms with Crippen LogP contribution in [0.1, 0.15) is 35.3 Å². The van der Waals surface area contributed by atoms with Crippen molar-refractivity contribution >= 4 is 29.1 Å². The predicted molar refractivity (Wildman–Crippen MR) is 116 cm³/mol. The van der Waals surface area contributed by atoms with Gasteiger partial charge in [0.1, 0.15) is 17.3 Å². The van der Waals surface area contributed by atoms with Gasteiger partial charge in [-0.1, -0.05) is 0 Å². The number of carbonyl (C=O) groups excluding carboxylic acids is 2. The normalized spacial score (nSPS) is 15.7. The van der Waals surface area contributed by atoms with Crippen LogP contribution in [0.4, 0.5) is 30.6 Å². The second-order valence-electron chi connectivity index (χ2n) is 7.52. The minimum absolute atomic E-state index is 0.00313. The van der Waals surface area contributed by atoms with Crippen LogP contribution >= 0.6 is 0 Å². The third-order valence-corrected chi connectivity index (χ3v) is 5.00. The van der Waals surface area contributed by atoms with Crippen LogP contribution in [0.15, 0.2) is 48.7 Å². The molecule has 4 rings (SSSR count). The molecule has 1 aromatic carbocycles. The summed E-state index contributed by atoms with van der Waals surface area (Å²) < 4.78 is 43.4. The molecular formula is C22H19F3N6O3. The molecule has 0 spiro atoms. The molecule has 1 amide bonds. The standard InChI is InChI=1S/C22H19F3N6O3/c23-22(24,25)12-4-9-19(27-11-12)34-14-7-5-13(6-8-14)28-21-30-16(20(26)33)10-18(31-21)29-15-2-1-3-17(15)32/h4-11,15H,1-3H2,(H2,26,33)(H2,28,29,30,31)/t15-/m0/s1. The molecule has 0 bridgehead atoms. The van der Waals surface area contributed by atoms with E-state index in [1.807, 2.05) is 0 Å². The molecule has 1 saturated carbocycles. The number of halogens is 3. The molecule has 34 heavy (non-hydrogen) atoms. The number of ether oxygens (including phenoxy) is 1. The monoisotopic (exact) mass is 472 g/mol. The fourth-order valence-electron chi connectivity index (χ4n) is 3.31. The summed E-state index contributed by atoms with van der Waals surface area (Å²) in [6.07, 6.45) is -1.83. The van der Waals surface area contributed by atoms with Crippen molar-refractivity contribution in [3.05, 3.63) is 59.9 Å². The average Bonchev–Trinajstić information content (AvgIpc) is 3.19. The zero-order valence-electron chi connectivity index (χ0n) is 17.6. The Morgan fingerprint density at radius 1 is 1.12 bits per heavy atom. The quantitative estimate of drug-likeness (QED) is 0.469. The summed E-state index contributed by atoms with van der Waals surface area (Å²) in [5, 5.41) is 5.96. The SMILES string of the molecule is NC(=O)c1cc(N[C@H]2CCCC2=O)nc(Nc2ccc(Oc3ccc(C(F)(F)F)cn3)cc2)n1. The fourth-order valence-corrected chi connectivity index (χ4v) is 3.31. The highest BCUT2D eigenvalue weighted by molar-refractivity contribution is 5.92. The number of amides is 1. The molecular weight excluding hydrogens is 453 g/mol. The Bertz CT molecular complexity index is 1200. The molecule has 12 heteroatoms. The smallest absolute Gasteiger partial charge is 0.417 e. The van der Waals surface area contributed by atoms with Gasteiger partial charge in [0, 0.05) is 30.4 Å². The van der Waals surface area contributed by atoms with Crippen molar-refractivity contribution < 1.29 is 27.5 Å². The number of primary amides is 1. The van der Waals surface area contributed by atoms with E-state index in [1.165, 1.54) is 6.07 Å². The van der Waals surface area contributed by atoms with Gasteiger partial charge in [-0.15, -0.1) is 0 Å². The third-order valence-electron chi connectivity index (χ3n) is 5.00. The highest BCUT2D eigenvalue weighted by atomic mass is 19.4. The Kier molecular flexibility index (Phi) is 6.30. The molecule has 176 valence electrons. The van der Waals surface area contributed by atoms with Crippen molar-refractivity contribution in [1.29, 1.82) is 0 Å². The van der Waals surface area contributed by atoms with Gasteiger partial charge >= 0.3 is 6.18 Å². The molecule has 9 nitrogen and oxygen atoms in total. The first kappa shape index (κ1) is 23.0. The van der Waals surface area contributed by atoms with Gasteiger partial charge in [-0.05, 0) is 43.2 Å². The number of ketones is 1. The van der Waals surface area contributed by atoms with E-state index >= 15 is 0 Å². The molecule has 0 saturated heterocycles. The number of pyridine rings is 1. The van der Waals surface area contributed by atoms with Gasteiger partial charge in [-0.25, -0.2) is 9.97 Å². The maximum absolute atomic E-state index is 12.6. The lowest BCUT2D eigenvalue weighted by Gasteiger charge is -2.14. The number of benzene rings is 1.